The van der Waals surface area contributed by atoms with Gasteiger partial charge in [-0.25, -0.2) is 9.97 Å². The van der Waals surface area contributed by atoms with Gasteiger partial charge < -0.3 is 15.2 Å². The molecule has 18 heavy (non-hydrogen) atoms. The Kier molecular flexibility index (Phi) is 2.87. The third kappa shape index (κ3) is 1.92. The molecule has 0 fully saturated rings. The summed E-state index contributed by atoms with van der Waals surface area (Å²) in [4.78, 5) is 21.3. The lowest BCUT2D eigenvalue weighted by atomic mass is 10.2. The first-order valence-electron chi connectivity index (χ1n) is 5.94. The molecule has 0 saturated carbocycles. The molecule has 0 atom stereocenters. The van der Waals surface area contributed by atoms with Crippen molar-refractivity contribution < 1.29 is 9.90 Å². The molecule has 6 heteroatoms. The third-order valence-electron chi connectivity index (χ3n) is 3.12. The zero-order valence-corrected chi connectivity index (χ0v) is 10.5. The number of nitrogens with zero attached hydrogens (tertiary/aromatic N) is 2. The number of rotatable bonds is 4. The summed E-state index contributed by atoms with van der Waals surface area (Å²) in [5.74, 6) is -0.302. The van der Waals surface area contributed by atoms with Gasteiger partial charge >= 0.3 is 0 Å². The number of hydrogen-bond donors (Lipinski definition) is 1. The Hall–Kier alpha value is -1.69. The zero-order valence-electron chi connectivity index (χ0n) is 9.73. The number of carboxylic acids is 1. The van der Waals surface area contributed by atoms with Crippen molar-refractivity contribution in [3.63, 3.8) is 0 Å². The molecule has 0 spiro atoms. The number of fused-ring (bicyclic) bond motifs is 3. The molecule has 1 N–H and O–H groups in total. The molecule has 3 rings (SSSR count). The van der Waals surface area contributed by atoms with E-state index in [-0.39, 0.29) is 6.42 Å². The van der Waals surface area contributed by atoms with Crippen LogP contribution in [0.15, 0.2) is 6.33 Å². The van der Waals surface area contributed by atoms with Crippen molar-refractivity contribution in [3.05, 3.63) is 16.8 Å². The fourth-order valence-electron chi connectivity index (χ4n) is 2.35. The maximum Gasteiger partial charge on any atom is 0.138 e. The monoisotopic (exact) mass is 262 g/mol. The number of aryl methyl sites for hydroxylation is 2. The summed E-state index contributed by atoms with van der Waals surface area (Å²) in [7, 11) is 0. The molecule has 0 bridgehead atoms. The Balaban J connectivity index is 1.93. The average Bonchev–Trinajstić information content (AvgIpc) is 2.88. The quantitative estimate of drug-likeness (QED) is 0.879. The molecular weight excluding hydrogens is 250 g/mol. The number of carbonyl (C=O) groups is 1. The van der Waals surface area contributed by atoms with Crippen molar-refractivity contribution in [2.24, 2.45) is 0 Å². The lowest BCUT2D eigenvalue weighted by Gasteiger charge is -2.07. The molecule has 2 aromatic rings. The molecule has 0 aliphatic heterocycles. The van der Waals surface area contributed by atoms with E-state index in [0.29, 0.717) is 6.54 Å². The highest BCUT2D eigenvalue weighted by Crippen LogP contribution is 2.38. The second kappa shape index (κ2) is 4.53. The van der Waals surface area contributed by atoms with Crippen LogP contribution in [0.2, 0.25) is 0 Å². The molecule has 2 aromatic heterocycles. The Labute approximate surface area is 108 Å². The van der Waals surface area contributed by atoms with E-state index in [9.17, 15) is 9.90 Å². The maximum atomic E-state index is 10.4. The molecule has 1 aliphatic carbocycles. The van der Waals surface area contributed by atoms with Crippen LogP contribution < -0.4 is 10.4 Å². The van der Waals surface area contributed by atoms with Gasteiger partial charge in [-0.1, -0.05) is 0 Å². The highest BCUT2D eigenvalue weighted by atomic mass is 32.1. The number of carboxylic acid groups (broad SMARTS) is 1. The summed E-state index contributed by atoms with van der Waals surface area (Å²) in [6.07, 6.45) is 4.88. The molecular formula is C12H12N3O2S-. The maximum absolute atomic E-state index is 10.4. The van der Waals surface area contributed by atoms with Gasteiger partial charge in [0.2, 0.25) is 0 Å². The first-order chi connectivity index (χ1) is 8.75. The fourth-order valence-corrected chi connectivity index (χ4v) is 3.57. The standard InChI is InChI=1S/C12H13N3O2S/c16-9(17)4-5-13-11-10-7-2-1-3-8(7)18-12(10)15-6-14-11/h6H,1-5H2,(H,16,17)(H,13,14,15)/p-1. The Bertz CT molecular complexity index is 609. The molecule has 0 amide bonds. The van der Waals surface area contributed by atoms with Crippen LogP contribution in [0.4, 0.5) is 5.82 Å². The van der Waals surface area contributed by atoms with Crippen molar-refractivity contribution in [1.82, 2.24) is 9.97 Å². The summed E-state index contributed by atoms with van der Waals surface area (Å²) in [5.41, 5.74) is 1.34. The van der Waals surface area contributed by atoms with E-state index in [1.807, 2.05) is 0 Å². The molecule has 5 nitrogen and oxygen atoms in total. The first-order valence-corrected chi connectivity index (χ1v) is 6.76. The van der Waals surface area contributed by atoms with E-state index < -0.39 is 5.97 Å². The largest absolute Gasteiger partial charge is 0.550 e. The van der Waals surface area contributed by atoms with Crippen LogP contribution in [0.25, 0.3) is 10.2 Å². The van der Waals surface area contributed by atoms with E-state index in [0.717, 1.165) is 28.9 Å². The average molecular weight is 262 g/mol. The molecule has 94 valence electrons. The summed E-state index contributed by atoms with van der Waals surface area (Å²) >= 11 is 1.72. The van der Waals surface area contributed by atoms with Crippen molar-refractivity contribution in [2.75, 3.05) is 11.9 Å². The lowest BCUT2D eigenvalue weighted by Crippen LogP contribution is -2.24. The van der Waals surface area contributed by atoms with Crippen molar-refractivity contribution in [3.8, 4) is 0 Å². The molecule has 0 saturated heterocycles. The minimum atomic E-state index is -1.05. The summed E-state index contributed by atoms with van der Waals surface area (Å²) < 4.78 is 0. The Morgan fingerprint density at radius 2 is 2.33 bits per heavy atom. The number of anilines is 1. The van der Waals surface area contributed by atoms with Gasteiger partial charge in [-0.3, -0.25) is 0 Å². The smallest absolute Gasteiger partial charge is 0.138 e. The predicted octanol–water partition coefficient (Wildman–Crippen LogP) is 0.732. The fraction of sp³-hybridized carbons (Fsp3) is 0.417. The number of nitrogens with one attached hydrogen (secondary N) is 1. The van der Waals surface area contributed by atoms with Crippen LogP contribution in [-0.2, 0) is 17.6 Å². The van der Waals surface area contributed by atoms with E-state index in [1.54, 1.807) is 11.3 Å². The molecule has 0 aromatic carbocycles. The van der Waals surface area contributed by atoms with Gasteiger partial charge in [0.1, 0.15) is 17.0 Å². The van der Waals surface area contributed by atoms with Gasteiger partial charge in [0.25, 0.3) is 0 Å². The number of aromatic nitrogens is 2. The molecule has 1 aliphatic rings. The number of aliphatic carboxylic acids is 1. The van der Waals surface area contributed by atoms with Gasteiger partial charge in [-0.05, 0) is 24.8 Å². The highest BCUT2D eigenvalue weighted by Gasteiger charge is 2.20. The van der Waals surface area contributed by atoms with Crippen molar-refractivity contribution in [2.45, 2.75) is 25.7 Å². The first kappa shape index (κ1) is 11.4. The second-order valence-corrected chi connectivity index (χ2v) is 5.39. The van der Waals surface area contributed by atoms with Gasteiger partial charge in [0.05, 0.1) is 5.39 Å². The lowest BCUT2D eigenvalue weighted by molar-refractivity contribution is -0.305. The third-order valence-corrected chi connectivity index (χ3v) is 4.32. The second-order valence-electron chi connectivity index (χ2n) is 4.31. The molecule has 0 radical (unpaired) electrons. The van der Waals surface area contributed by atoms with Crippen LogP contribution in [0.5, 0.6) is 0 Å². The summed E-state index contributed by atoms with van der Waals surface area (Å²) in [5, 5.41) is 14.6. The van der Waals surface area contributed by atoms with Crippen LogP contribution in [-0.4, -0.2) is 22.5 Å². The number of hydrogen-bond acceptors (Lipinski definition) is 6. The van der Waals surface area contributed by atoms with Crippen molar-refractivity contribution in [1.29, 1.82) is 0 Å². The van der Waals surface area contributed by atoms with Gasteiger partial charge in [-0.2, -0.15) is 0 Å². The van der Waals surface area contributed by atoms with Crippen LogP contribution >= 0.6 is 11.3 Å². The Morgan fingerprint density at radius 1 is 1.44 bits per heavy atom. The minimum Gasteiger partial charge on any atom is -0.550 e. The zero-order chi connectivity index (χ0) is 12.5. The summed E-state index contributed by atoms with van der Waals surface area (Å²) in [6, 6.07) is 0. The van der Waals surface area contributed by atoms with Gasteiger partial charge in [0.15, 0.2) is 0 Å². The number of carbonyl (C=O) groups excluding carboxylic acids is 1. The highest BCUT2D eigenvalue weighted by molar-refractivity contribution is 7.19. The predicted molar refractivity (Wildman–Crippen MR) is 67.6 cm³/mol. The van der Waals surface area contributed by atoms with E-state index in [4.69, 9.17) is 0 Å². The van der Waals surface area contributed by atoms with Gasteiger partial charge in [-0.15, -0.1) is 11.3 Å². The van der Waals surface area contributed by atoms with Crippen LogP contribution in [0.1, 0.15) is 23.3 Å². The van der Waals surface area contributed by atoms with Crippen LogP contribution in [0.3, 0.4) is 0 Å². The SMILES string of the molecule is O=C([O-])CCNc1ncnc2sc3c(c12)CCC3. The van der Waals surface area contributed by atoms with E-state index in [2.05, 4.69) is 15.3 Å². The summed E-state index contributed by atoms with van der Waals surface area (Å²) in [6.45, 7) is 0.332. The normalized spacial score (nSPS) is 13.8. The number of thiophene rings is 1. The van der Waals surface area contributed by atoms with E-state index in [1.165, 1.54) is 23.2 Å². The van der Waals surface area contributed by atoms with Gasteiger partial charge in [0, 0.05) is 23.8 Å². The van der Waals surface area contributed by atoms with Crippen molar-refractivity contribution >= 4 is 33.3 Å². The minimum absolute atomic E-state index is 0.0160. The Morgan fingerprint density at radius 3 is 3.17 bits per heavy atom. The van der Waals surface area contributed by atoms with Crippen LogP contribution in [0, 0.1) is 0 Å². The molecule has 0 unspecified atom stereocenters. The molecule has 2 heterocycles. The van der Waals surface area contributed by atoms with E-state index >= 15 is 0 Å². The topological polar surface area (TPSA) is 77.9 Å².